The summed E-state index contributed by atoms with van der Waals surface area (Å²) in [6.07, 6.45) is 0.492. The largest absolute Gasteiger partial charge is 0.356 e. The number of halogens is 1. The van der Waals surface area contributed by atoms with Crippen LogP contribution in [0.25, 0.3) is 10.9 Å². The van der Waals surface area contributed by atoms with E-state index < -0.39 is 6.04 Å². The van der Waals surface area contributed by atoms with Crippen molar-refractivity contribution in [2.75, 3.05) is 6.54 Å². The van der Waals surface area contributed by atoms with Crippen molar-refractivity contribution in [1.29, 1.82) is 0 Å². The fraction of sp³-hybridized carbons (Fsp3) is 0.185. The van der Waals surface area contributed by atoms with Gasteiger partial charge in [0, 0.05) is 34.6 Å². The van der Waals surface area contributed by atoms with Crippen LogP contribution in [0.4, 0.5) is 0 Å². The summed E-state index contributed by atoms with van der Waals surface area (Å²) in [4.78, 5) is 34.3. The molecule has 0 bridgehead atoms. The number of amides is 2. The summed E-state index contributed by atoms with van der Waals surface area (Å²) in [5, 5.41) is 1.71. The van der Waals surface area contributed by atoms with E-state index in [0.717, 1.165) is 33.3 Å². The smallest absolute Gasteiger partial charge is 0.246 e. The van der Waals surface area contributed by atoms with E-state index in [1.807, 2.05) is 72.8 Å². The van der Waals surface area contributed by atoms with Gasteiger partial charge in [-0.3, -0.25) is 9.59 Å². The number of para-hydroxylation sites is 1. The van der Waals surface area contributed by atoms with Crippen LogP contribution in [0.5, 0.6) is 0 Å². The first-order chi connectivity index (χ1) is 16.1. The normalized spacial score (nSPS) is 20.2. The zero-order valence-corrected chi connectivity index (χ0v) is 18.6. The van der Waals surface area contributed by atoms with Gasteiger partial charge in [0.15, 0.2) is 0 Å². The van der Waals surface area contributed by atoms with Crippen molar-refractivity contribution in [3.05, 3.63) is 106 Å². The van der Waals surface area contributed by atoms with Crippen LogP contribution in [0, 0.1) is 0 Å². The number of aromatic nitrogens is 1. The third-order valence-electron chi connectivity index (χ3n) is 6.78. The van der Waals surface area contributed by atoms with E-state index in [1.54, 1.807) is 9.80 Å². The molecule has 2 amide bonds. The molecule has 33 heavy (non-hydrogen) atoms. The molecule has 1 fully saturated rings. The van der Waals surface area contributed by atoms with Gasteiger partial charge in [-0.1, -0.05) is 78.3 Å². The Kier molecular flexibility index (Phi) is 4.73. The Morgan fingerprint density at radius 1 is 0.909 bits per heavy atom. The van der Waals surface area contributed by atoms with Crippen molar-refractivity contribution >= 4 is 34.3 Å². The number of fused-ring (bicyclic) bond motifs is 4. The molecule has 1 saturated heterocycles. The minimum Gasteiger partial charge on any atom is -0.356 e. The predicted octanol–water partition coefficient (Wildman–Crippen LogP) is 4.71. The number of hydrogen-bond acceptors (Lipinski definition) is 2. The van der Waals surface area contributed by atoms with Gasteiger partial charge in [0.1, 0.15) is 12.6 Å². The number of carbonyl (C=O) groups is 2. The topological polar surface area (TPSA) is 56.4 Å². The molecule has 2 aliphatic heterocycles. The Morgan fingerprint density at radius 3 is 2.45 bits per heavy atom. The van der Waals surface area contributed by atoms with Crippen molar-refractivity contribution < 1.29 is 9.59 Å². The first kappa shape index (κ1) is 20.1. The van der Waals surface area contributed by atoms with Gasteiger partial charge in [0.05, 0.1) is 6.04 Å². The quantitative estimate of drug-likeness (QED) is 0.486. The maximum atomic E-state index is 13.7. The summed E-state index contributed by atoms with van der Waals surface area (Å²) in [6.45, 7) is 0.366. The van der Waals surface area contributed by atoms with Crippen molar-refractivity contribution in [3.63, 3.8) is 0 Å². The molecule has 4 aromatic rings. The molecular weight excluding hydrogens is 434 g/mol. The van der Waals surface area contributed by atoms with E-state index in [2.05, 4.69) is 11.1 Å². The van der Waals surface area contributed by atoms with Crippen molar-refractivity contribution in [2.45, 2.75) is 25.0 Å². The molecule has 2 aliphatic rings. The molecule has 2 atom stereocenters. The average molecular weight is 456 g/mol. The van der Waals surface area contributed by atoms with E-state index in [0.29, 0.717) is 18.0 Å². The Labute approximate surface area is 196 Å². The average Bonchev–Trinajstić information content (AvgIpc) is 3.21. The van der Waals surface area contributed by atoms with Crippen LogP contribution in [0.3, 0.4) is 0 Å². The van der Waals surface area contributed by atoms with E-state index in [4.69, 9.17) is 11.6 Å². The molecule has 0 saturated carbocycles. The number of piperazine rings is 1. The third kappa shape index (κ3) is 3.23. The second-order valence-corrected chi connectivity index (χ2v) is 9.09. The second kappa shape index (κ2) is 7.78. The molecule has 3 aromatic carbocycles. The van der Waals surface area contributed by atoms with Crippen LogP contribution >= 0.6 is 11.6 Å². The van der Waals surface area contributed by atoms with Gasteiger partial charge in [0.2, 0.25) is 11.8 Å². The first-order valence-electron chi connectivity index (χ1n) is 11.1. The standard InChI is InChI=1S/C27H22ClN3O2/c28-21-12-6-4-10-18(21)15-30-16-24(32)31-23(27(30)33)14-20-19-11-5-7-13-22(19)29-25(20)26(31)17-8-2-1-3-9-17/h1-13,23,26,29H,14-16H2. The monoisotopic (exact) mass is 455 g/mol. The third-order valence-corrected chi connectivity index (χ3v) is 7.15. The number of benzene rings is 3. The van der Waals surface area contributed by atoms with Crippen molar-refractivity contribution in [3.8, 4) is 0 Å². The zero-order chi connectivity index (χ0) is 22.5. The minimum atomic E-state index is -0.550. The highest BCUT2D eigenvalue weighted by Gasteiger charge is 2.48. The summed E-state index contributed by atoms with van der Waals surface area (Å²) < 4.78 is 0. The molecule has 6 heteroatoms. The molecule has 0 radical (unpaired) electrons. The Morgan fingerprint density at radius 2 is 1.64 bits per heavy atom. The number of carbonyl (C=O) groups excluding carboxylic acids is 2. The second-order valence-electron chi connectivity index (χ2n) is 8.68. The van der Waals surface area contributed by atoms with E-state index >= 15 is 0 Å². The highest BCUT2D eigenvalue weighted by Crippen LogP contribution is 2.42. The lowest BCUT2D eigenvalue weighted by molar-refractivity contribution is -0.159. The molecule has 164 valence electrons. The Bertz CT molecular complexity index is 1380. The fourth-order valence-corrected chi connectivity index (χ4v) is 5.47. The van der Waals surface area contributed by atoms with E-state index in [9.17, 15) is 9.59 Å². The molecule has 3 heterocycles. The highest BCUT2D eigenvalue weighted by atomic mass is 35.5. The van der Waals surface area contributed by atoms with Crippen LogP contribution < -0.4 is 0 Å². The van der Waals surface area contributed by atoms with Crippen LogP contribution in [-0.4, -0.2) is 39.2 Å². The van der Waals surface area contributed by atoms with Gasteiger partial charge < -0.3 is 14.8 Å². The van der Waals surface area contributed by atoms with Crippen molar-refractivity contribution in [2.24, 2.45) is 0 Å². The number of rotatable bonds is 3. The zero-order valence-electron chi connectivity index (χ0n) is 17.9. The van der Waals surface area contributed by atoms with E-state index in [1.165, 1.54) is 0 Å². The molecule has 5 nitrogen and oxygen atoms in total. The van der Waals surface area contributed by atoms with Gasteiger partial charge in [-0.15, -0.1) is 0 Å². The summed E-state index contributed by atoms with van der Waals surface area (Å²) >= 11 is 6.35. The summed E-state index contributed by atoms with van der Waals surface area (Å²) in [7, 11) is 0. The molecule has 2 unspecified atom stereocenters. The Balaban J connectivity index is 1.46. The molecule has 0 aliphatic carbocycles. The maximum Gasteiger partial charge on any atom is 0.246 e. The fourth-order valence-electron chi connectivity index (χ4n) is 5.27. The van der Waals surface area contributed by atoms with Gasteiger partial charge in [0.25, 0.3) is 0 Å². The molecule has 6 rings (SSSR count). The lowest BCUT2D eigenvalue weighted by Crippen LogP contribution is -2.62. The number of nitrogens with zero attached hydrogens (tertiary/aromatic N) is 2. The van der Waals surface area contributed by atoms with Gasteiger partial charge in [-0.25, -0.2) is 0 Å². The number of hydrogen-bond donors (Lipinski definition) is 1. The summed E-state index contributed by atoms with van der Waals surface area (Å²) in [5.41, 5.74) is 4.98. The first-order valence-corrected chi connectivity index (χ1v) is 11.5. The van der Waals surface area contributed by atoms with E-state index in [-0.39, 0.29) is 24.4 Å². The molecule has 1 aromatic heterocycles. The molecule has 1 N–H and O–H groups in total. The molecule has 0 spiro atoms. The van der Waals surface area contributed by atoms with Crippen LogP contribution in [0.1, 0.15) is 28.4 Å². The maximum absolute atomic E-state index is 13.7. The predicted molar refractivity (Wildman–Crippen MR) is 128 cm³/mol. The lowest BCUT2D eigenvalue weighted by Gasteiger charge is -2.47. The minimum absolute atomic E-state index is 0.0358. The van der Waals surface area contributed by atoms with Crippen molar-refractivity contribution in [1.82, 2.24) is 14.8 Å². The Hall–Kier alpha value is -3.57. The number of aromatic amines is 1. The SMILES string of the molecule is O=C1C2Cc3c([nH]c4ccccc34)C(c3ccccc3)N2C(=O)CN1Cc1ccccc1Cl. The van der Waals surface area contributed by atoms with Crippen LogP contribution in [0.15, 0.2) is 78.9 Å². The number of H-pyrrole nitrogens is 1. The van der Waals surface area contributed by atoms with Crippen LogP contribution in [-0.2, 0) is 22.6 Å². The van der Waals surface area contributed by atoms with Crippen LogP contribution in [0.2, 0.25) is 5.02 Å². The van der Waals surface area contributed by atoms with Gasteiger partial charge >= 0.3 is 0 Å². The highest BCUT2D eigenvalue weighted by molar-refractivity contribution is 6.31. The number of nitrogens with one attached hydrogen (secondary N) is 1. The van der Waals surface area contributed by atoms with Gasteiger partial charge in [-0.05, 0) is 28.8 Å². The summed E-state index contributed by atoms with van der Waals surface area (Å²) in [6, 6.07) is 24.7. The molecular formula is C27H22ClN3O2. The lowest BCUT2D eigenvalue weighted by atomic mass is 9.86. The summed E-state index contributed by atoms with van der Waals surface area (Å²) in [5.74, 6) is -0.0869. The van der Waals surface area contributed by atoms with Gasteiger partial charge in [-0.2, -0.15) is 0 Å².